The average molecular weight is 330 g/mol. The fraction of sp³-hybridized carbons (Fsp3) is 0.222. The highest BCUT2D eigenvalue weighted by Gasteiger charge is 2.34. The number of rotatable bonds is 5. The number of amides is 2. The predicted octanol–water partition coefficient (Wildman–Crippen LogP) is 2.91. The van der Waals surface area contributed by atoms with Gasteiger partial charge in [0.25, 0.3) is 11.8 Å². The molecule has 1 heterocycles. The fourth-order valence-electron chi connectivity index (χ4n) is 2.80. The van der Waals surface area contributed by atoms with Crippen molar-refractivity contribution in [3.63, 3.8) is 0 Å². The predicted molar refractivity (Wildman–Crippen MR) is 84.6 cm³/mol. The van der Waals surface area contributed by atoms with E-state index in [1.165, 1.54) is 17.0 Å². The summed E-state index contributed by atoms with van der Waals surface area (Å²) in [6.07, 6.45) is 0. The van der Waals surface area contributed by atoms with Crippen molar-refractivity contribution in [2.75, 3.05) is 13.1 Å². The Kier molecular flexibility index (Phi) is 4.40. The lowest BCUT2D eigenvalue weighted by atomic mass is 10.1. The van der Waals surface area contributed by atoms with E-state index in [4.69, 9.17) is 0 Å². The Morgan fingerprint density at radius 3 is 2.25 bits per heavy atom. The molecular formula is C18H16F2N2O2. The summed E-state index contributed by atoms with van der Waals surface area (Å²) in [6, 6.07) is 9.71. The van der Waals surface area contributed by atoms with Crippen LogP contribution in [0.25, 0.3) is 0 Å². The van der Waals surface area contributed by atoms with Gasteiger partial charge < -0.3 is 5.32 Å². The molecule has 0 saturated heterocycles. The largest absolute Gasteiger partial charge is 0.308 e. The minimum absolute atomic E-state index is 0.180. The summed E-state index contributed by atoms with van der Waals surface area (Å²) in [5, 5.41) is 3.05. The maximum atomic E-state index is 13.7. The van der Waals surface area contributed by atoms with E-state index in [0.29, 0.717) is 23.2 Å². The highest BCUT2D eigenvalue weighted by molar-refractivity contribution is 6.21. The van der Waals surface area contributed by atoms with Gasteiger partial charge in [0.15, 0.2) is 0 Å². The van der Waals surface area contributed by atoms with Gasteiger partial charge in [0.1, 0.15) is 11.6 Å². The number of carbonyl (C=O) groups is 2. The average Bonchev–Trinajstić information content (AvgIpc) is 2.80. The molecular weight excluding hydrogens is 314 g/mol. The normalized spacial score (nSPS) is 14.9. The smallest absolute Gasteiger partial charge is 0.261 e. The SMILES string of the molecule is C[C@H](NCCN1C(=O)c2ccccc2C1=O)c1ccc(F)cc1F. The van der Waals surface area contributed by atoms with Crippen molar-refractivity contribution in [3.8, 4) is 0 Å². The number of imide groups is 1. The van der Waals surface area contributed by atoms with Crippen LogP contribution >= 0.6 is 0 Å². The van der Waals surface area contributed by atoms with Gasteiger partial charge in [0, 0.05) is 30.8 Å². The molecule has 2 aromatic carbocycles. The van der Waals surface area contributed by atoms with Crippen molar-refractivity contribution in [2.45, 2.75) is 13.0 Å². The number of nitrogens with zero attached hydrogens (tertiary/aromatic N) is 1. The molecule has 0 radical (unpaired) electrons. The van der Waals surface area contributed by atoms with Crippen molar-refractivity contribution in [1.29, 1.82) is 0 Å². The number of fused-ring (bicyclic) bond motifs is 1. The first kappa shape index (κ1) is 16.3. The molecule has 6 heteroatoms. The number of halogens is 2. The third-order valence-electron chi connectivity index (χ3n) is 4.09. The van der Waals surface area contributed by atoms with Crippen molar-refractivity contribution in [2.24, 2.45) is 0 Å². The lowest BCUT2D eigenvalue weighted by molar-refractivity contribution is 0.0654. The third kappa shape index (κ3) is 2.92. The molecule has 0 bridgehead atoms. The van der Waals surface area contributed by atoms with Gasteiger partial charge in [0.05, 0.1) is 11.1 Å². The van der Waals surface area contributed by atoms with E-state index in [0.717, 1.165) is 6.07 Å². The Morgan fingerprint density at radius 1 is 1.04 bits per heavy atom. The van der Waals surface area contributed by atoms with Crippen molar-refractivity contribution in [1.82, 2.24) is 10.2 Å². The van der Waals surface area contributed by atoms with Crippen LogP contribution in [0.3, 0.4) is 0 Å². The van der Waals surface area contributed by atoms with Crippen molar-refractivity contribution >= 4 is 11.8 Å². The van der Waals surface area contributed by atoms with Crippen LogP contribution in [-0.2, 0) is 0 Å². The topological polar surface area (TPSA) is 49.4 Å². The lowest BCUT2D eigenvalue weighted by Crippen LogP contribution is -2.37. The van der Waals surface area contributed by atoms with Gasteiger partial charge in [-0.05, 0) is 25.1 Å². The molecule has 1 N–H and O–H groups in total. The monoisotopic (exact) mass is 330 g/mol. The molecule has 0 saturated carbocycles. The molecule has 0 spiro atoms. The number of hydrogen-bond acceptors (Lipinski definition) is 3. The zero-order valence-corrected chi connectivity index (χ0v) is 13.1. The second kappa shape index (κ2) is 6.49. The van der Waals surface area contributed by atoms with Crippen LogP contribution in [0, 0.1) is 11.6 Å². The number of nitrogens with one attached hydrogen (secondary N) is 1. The van der Waals surface area contributed by atoms with E-state index in [9.17, 15) is 18.4 Å². The van der Waals surface area contributed by atoms with E-state index in [2.05, 4.69) is 5.32 Å². The standard InChI is InChI=1S/C18H16F2N2O2/c1-11(13-7-6-12(19)10-16(13)20)21-8-9-22-17(23)14-4-2-3-5-15(14)18(22)24/h2-7,10-11,21H,8-9H2,1H3/t11-/m0/s1. The zero-order valence-electron chi connectivity index (χ0n) is 13.1. The summed E-state index contributed by atoms with van der Waals surface area (Å²) < 4.78 is 26.7. The number of carbonyl (C=O) groups excluding carboxylic acids is 2. The Morgan fingerprint density at radius 2 is 1.67 bits per heavy atom. The van der Waals surface area contributed by atoms with E-state index >= 15 is 0 Å². The van der Waals surface area contributed by atoms with E-state index in [1.54, 1.807) is 31.2 Å². The van der Waals surface area contributed by atoms with Gasteiger partial charge in [-0.2, -0.15) is 0 Å². The summed E-state index contributed by atoms with van der Waals surface area (Å²) in [6.45, 7) is 2.22. The molecule has 0 fully saturated rings. The second-order valence-electron chi connectivity index (χ2n) is 5.65. The van der Waals surface area contributed by atoms with Crippen LogP contribution in [0.1, 0.15) is 39.2 Å². The van der Waals surface area contributed by atoms with Crippen molar-refractivity contribution in [3.05, 3.63) is 70.8 Å². The minimum Gasteiger partial charge on any atom is -0.308 e. The molecule has 124 valence electrons. The first-order valence-electron chi connectivity index (χ1n) is 7.62. The summed E-state index contributed by atoms with van der Waals surface area (Å²) in [4.78, 5) is 25.6. The van der Waals surface area contributed by atoms with Crippen LogP contribution < -0.4 is 5.32 Å². The molecule has 0 unspecified atom stereocenters. The molecule has 0 aromatic heterocycles. The van der Waals surface area contributed by atoms with E-state index in [-0.39, 0.29) is 24.4 Å². The Balaban J connectivity index is 1.61. The summed E-state index contributed by atoms with van der Waals surface area (Å²) in [7, 11) is 0. The molecule has 0 aliphatic carbocycles. The molecule has 1 atom stereocenters. The number of benzene rings is 2. The lowest BCUT2D eigenvalue weighted by Gasteiger charge is -2.18. The van der Waals surface area contributed by atoms with Crippen LogP contribution in [0.2, 0.25) is 0 Å². The maximum Gasteiger partial charge on any atom is 0.261 e. The molecule has 2 aromatic rings. The summed E-state index contributed by atoms with van der Waals surface area (Å²) >= 11 is 0. The van der Waals surface area contributed by atoms with Crippen LogP contribution in [0.15, 0.2) is 42.5 Å². The third-order valence-corrected chi connectivity index (χ3v) is 4.09. The Bertz CT molecular complexity index is 772. The highest BCUT2D eigenvalue weighted by Crippen LogP contribution is 2.22. The van der Waals surface area contributed by atoms with Gasteiger partial charge in [-0.25, -0.2) is 8.78 Å². The van der Waals surface area contributed by atoms with E-state index in [1.807, 2.05) is 0 Å². The van der Waals surface area contributed by atoms with Crippen LogP contribution in [0.4, 0.5) is 8.78 Å². The van der Waals surface area contributed by atoms with Crippen LogP contribution in [-0.4, -0.2) is 29.8 Å². The van der Waals surface area contributed by atoms with Gasteiger partial charge in [0.2, 0.25) is 0 Å². The Hall–Kier alpha value is -2.60. The first-order valence-corrected chi connectivity index (χ1v) is 7.62. The van der Waals surface area contributed by atoms with Crippen LogP contribution in [0.5, 0.6) is 0 Å². The molecule has 3 rings (SSSR count). The highest BCUT2D eigenvalue weighted by atomic mass is 19.1. The molecule has 1 aliphatic heterocycles. The maximum absolute atomic E-state index is 13.7. The number of hydrogen-bond donors (Lipinski definition) is 1. The van der Waals surface area contributed by atoms with Gasteiger partial charge in [-0.1, -0.05) is 18.2 Å². The van der Waals surface area contributed by atoms with Gasteiger partial charge >= 0.3 is 0 Å². The molecule has 4 nitrogen and oxygen atoms in total. The molecule has 2 amide bonds. The summed E-state index contributed by atoms with van der Waals surface area (Å²) in [5.74, 6) is -1.90. The van der Waals surface area contributed by atoms with E-state index < -0.39 is 11.6 Å². The summed E-state index contributed by atoms with van der Waals surface area (Å²) in [5.41, 5.74) is 1.14. The van der Waals surface area contributed by atoms with Crippen molar-refractivity contribution < 1.29 is 18.4 Å². The minimum atomic E-state index is -0.630. The fourth-order valence-corrected chi connectivity index (χ4v) is 2.80. The van der Waals surface area contributed by atoms with Gasteiger partial charge in [-0.3, -0.25) is 14.5 Å². The van der Waals surface area contributed by atoms with Gasteiger partial charge in [-0.15, -0.1) is 0 Å². The molecule has 1 aliphatic rings. The zero-order chi connectivity index (χ0) is 17.3. The first-order chi connectivity index (χ1) is 11.5. The Labute approximate surface area is 138 Å². The molecule has 24 heavy (non-hydrogen) atoms. The second-order valence-corrected chi connectivity index (χ2v) is 5.65. The quantitative estimate of drug-likeness (QED) is 0.858.